The molecule has 1 amide bonds. The molecule has 172 valence electrons. The van der Waals surface area contributed by atoms with E-state index in [-0.39, 0.29) is 12.0 Å². The van der Waals surface area contributed by atoms with Crippen LogP contribution in [-0.4, -0.2) is 49.3 Å². The predicted octanol–water partition coefficient (Wildman–Crippen LogP) is 2.95. The van der Waals surface area contributed by atoms with E-state index >= 15 is 0 Å². The van der Waals surface area contributed by atoms with Crippen molar-refractivity contribution < 1.29 is 14.3 Å². The van der Waals surface area contributed by atoms with Gasteiger partial charge in [-0.3, -0.25) is 4.79 Å². The van der Waals surface area contributed by atoms with E-state index < -0.39 is 0 Å². The van der Waals surface area contributed by atoms with Crippen LogP contribution in [0.15, 0.2) is 41.5 Å². The average molecular weight is 440 g/mol. The topological polar surface area (TPSA) is 96.9 Å². The van der Waals surface area contributed by atoms with E-state index in [4.69, 9.17) is 9.47 Å². The third kappa shape index (κ3) is 7.53. The summed E-state index contributed by atoms with van der Waals surface area (Å²) in [5, 5.41) is 9.24. The van der Waals surface area contributed by atoms with Gasteiger partial charge in [-0.15, -0.1) is 0 Å². The average Bonchev–Trinajstić information content (AvgIpc) is 3.28. The zero-order valence-electron chi connectivity index (χ0n) is 19.1. The van der Waals surface area contributed by atoms with E-state index in [0.717, 1.165) is 42.0 Å². The van der Waals surface area contributed by atoms with Crippen LogP contribution in [0.3, 0.4) is 0 Å². The standard InChI is InChI=1S/C24H33N5O3/c1-4-25-24(26-11-9-23(30)29-22-8-6-18(3)14-27-22)28-15-19-7-5-17(2)13-21(19)32-20-10-12-31-16-20/h5-8,13-14,20H,4,9-12,15-16H2,1-3H3,(H2,25,26,28)(H,27,29,30). The van der Waals surface area contributed by atoms with Crippen LogP contribution in [0.5, 0.6) is 5.75 Å². The second-order valence-electron chi connectivity index (χ2n) is 7.86. The van der Waals surface area contributed by atoms with Gasteiger partial charge >= 0.3 is 0 Å². The number of pyridine rings is 1. The Morgan fingerprint density at radius 3 is 2.78 bits per heavy atom. The quantitative estimate of drug-likeness (QED) is 0.411. The molecule has 2 aromatic rings. The number of carbonyl (C=O) groups excluding carboxylic acids is 1. The fraction of sp³-hybridized carbons (Fsp3) is 0.458. The van der Waals surface area contributed by atoms with Gasteiger partial charge in [-0.2, -0.15) is 0 Å². The number of amides is 1. The number of hydrogen-bond donors (Lipinski definition) is 3. The van der Waals surface area contributed by atoms with Gasteiger partial charge in [-0.1, -0.05) is 18.2 Å². The fourth-order valence-electron chi connectivity index (χ4n) is 3.23. The van der Waals surface area contributed by atoms with Crippen LogP contribution in [0.25, 0.3) is 0 Å². The van der Waals surface area contributed by atoms with Crippen molar-refractivity contribution in [1.82, 2.24) is 15.6 Å². The molecule has 1 aliphatic rings. The maximum absolute atomic E-state index is 12.2. The second kappa shape index (κ2) is 12.0. The third-order valence-electron chi connectivity index (χ3n) is 4.98. The summed E-state index contributed by atoms with van der Waals surface area (Å²) in [4.78, 5) is 21.1. The van der Waals surface area contributed by atoms with E-state index in [1.54, 1.807) is 12.3 Å². The van der Waals surface area contributed by atoms with Crippen molar-refractivity contribution >= 4 is 17.7 Å². The van der Waals surface area contributed by atoms with E-state index in [9.17, 15) is 4.79 Å². The monoisotopic (exact) mass is 439 g/mol. The molecule has 1 fully saturated rings. The summed E-state index contributed by atoms with van der Waals surface area (Å²) in [7, 11) is 0. The lowest BCUT2D eigenvalue weighted by Gasteiger charge is -2.16. The van der Waals surface area contributed by atoms with E-state index in [0.29, 0.717) is 37.9 Å². The maximum Gasteiger partial charge on any atom is 0.227 e. The number of nitrogens with zero attached hydrogens (tertiary/aromatic N) is 2. The first-order chi connectivity index (χ1) is 15.5. The van der Waals surface area contributed by atoms with Gasteiger partial charge in [0.2, 0.25) is 5.91 Å². The maximum atomic E-state index is 12.2. The van der Waals surface area contributed by atoms with Gasteiger partial charge in [0, 0.05) is 37.7 Å². The number of rotatable bonds is 9. The summed E-state index contributed by atoms with van der Waals surface area (Å²) < 4.78 is 11.6. The predicted molar refractivity (Wildman–Crippen MR) is 126 cm³/mol. The van der Waals surface area contributed by atoms with Crippen LogP contribution in [0.4, 0.5) is 5.82 Å². The lowest BCUT2D eigenvalue weighted by Crippen LogP contribution is -2.38. The van der Waals surface area contributed by atoms with E-state index in [2.05, 4.69) is 38.1 Å². The van der Waals surface area contributed by atoms with E-state index in [1.807, 2.05) is 32.9 Å². The molecule has 1 aromatic heterocycles. The number of ether oxygens (including phenoxy) is 2. The zero-order chi connectivity index (χ0) is 22.8. The molecule has 1 aromatic carbocycles. The Morgan fingerprint density at radius 1 is 1.22 bits per heavy atom. The van der Waals surface area contributed by atoms with Gasteiger partial charge in [-0.05, 0) is 44.0 Å². The lowest BCUT2D eigenvalue weighted by molar-refractivity contribution is -0.116. The van der Waals surface area contributed by atoms with Crippen LogP contribution in [0.2, 0.25) is 0 Å². The number of anilines is 1. The molecule has 3 rings (SSSR count). The number of benzene rings is 1. The molecule has 1 aliphatic heterocycles. The number of aromatic nitrogens is 1. The van der Waals surface area contributed by atoms with Crippen molar-refractivity contribution in [3.63, 3.8) is 0 Å². The summed E-state index contributed by atoms with van der Waals surface area (Å²) in [6, 6.07) is 9.87. The minimum atomic E-state index is -0.0993. The van der Waals surface area contributed by atoms with Crippen LogP contribution in [-0.2, 0) is 16.1 Å². The SMILES string of the molecule is CCNC(=NCc1ccc(C)cc1OC1CCOC1)NCCC(=O)Nc1ccc(C)cn1. The van der Waals surface area contributed by atoms with Crippen molar-refractivity contribution in [2.24, 2.45) is 4.99 Å². The number of guanidine groups is 1. The highest BCUT2D eigenvalue weighted by Gasteiger charge is 2.18. The number of carbonyl (C=O) groups is 1. The summed E-state index contributed by atoms with van der Waals surface area (Å²) >= 11 is 0. The van der Waals surface area contributed by atoms with Gasteiger partial charge in [0.05, 0.1) is 19.8 Å². The summed E-state index contributed by atoms with van der Waals surface area (Å²) in [6.45, 7) is 9.04. The lowest BCUT2D eigenvalue weighted by atomic mass is 10.1. The minimum Gasteiger partial charge on any atom is -0.488 e. The molecule has 1 saturated heterocycles. The molecule has 2 heterocycles. The Hall–Kier alpha value is -3.13. The van der Waals surface area contributed by atoms with Gasteiger partial charge in [0.15, 0.2) is 5.96 Å². The first-order valence-electron chi connectivity index (χ1n) is 11.1. The second-order valence-corrected chi connectivity index (χ2v) is 7.86. The Labute approximate surface area is 189 Å². The number of aryl methyl sites for hydroxylation is 2. The van der Waals surface area contributed by atoms with Crippen LogP contribution < -0.4 is 20.7 Å². The summed E-state index contributed by atoms with van der Waals surface area (Å²) in [6.07, 6.45) is 3.03. The Kier molecular flexibility index (Phi) is 8.86. The molecule has 8 nitrogen and oxygen atoms in total. The van der Waals surface area contributed by atoms with Crippen molar-refractivity contribution in [1.29, 1.82) is 0 Å². The largest absolute Gasteiger partial charge is 0.488 e. The zero-order valence-corrected chi connectivity index (χ0v) is 19.1. The summed E-state index contributed by atoms with van der Waals surface area (Å²) in [5.74, 6) is 1.97. The van der Waals surface area contributed by atoms with Gasteiger partial charge < -0.3 is 25.4 Å². The Balaban J connectivity index is 1.54. The molecule has 0 aliphatic carbocycles. The van der Waals surface area contributed by atoms with E-state index in [1.165, 1.54) is 0 Å². The van der Waals surface area contributed by atoms with Crippen molar-refractivity contribution in [2.45, 2.75) is 46.3 Å². The van der Waals surface area contributed by atoms with Crippen LogP contribution in [0, 0.1) is 13.8 Å². The first kappa shape index (κ1) is 23.5. The van der Waals surface area contributed by atoms with Crippen molar-refractivity contribution in [3.8, 4) is 5.75 Å². The number of aliphatic imine (C=N–C) groups is 1. The number of hydrogen-bond acceptors (Lipinski definition) is 5. The van der Waals surface area contributed by atoms with Gasteiger partial charge in [0.25, 0.3) is 0 Å². The van der Waals surface area contributed by atoms with Gasteiger partial charge in [0.1, 0.15) is 17.7 Å². The molecule has 32 heavy (non-hydrogen) atoms. The Morgan fingerprint density at radius 2 is 2.06 bits per heavy atom. The van der Waals surface area contributed by atoms with Crippen molar-refractivity contribution in [3.05, 3.63) is 53.2 Å². The normalized spacial score (nSPS) is 16.0. The van der Waals surface area contributed by atoms with Gasteiger partial charge in [-0.25, -0.2) is 9.98 Å². The molecule has 0 spiro atoms. The fourth-order valence-corrected chi connectivity index (χ4v) is 3.23. The van der Waals surface area contributed by atoms with Crippen LogP contribution >= 0.6 is 0 Å². The molecular weight excluding hydrogens is 406 g/mol. The Bertz CT molecular complexity index is 908. The molecule has 0 bridgehead atoms. The summed E-state index contributed by atoms with van der Waals surface area (Å²) in [5.41, 5.74) is 3.21. The first-order valence-corrected chi connectivity index (χ1v) is 11.1. The smallest absolute Gasteiger partial charge is 0.227 e. The molecule has 1 unspecified atom stereocenters. The van der Waals surface area contributed by atoms with Crippen LogP contribution in [0.1, 0.15) is 36.5 Å². The minimum absolute atomic E-state index is 0.0902. The number of nitrogens with one attached hydrogen (secondary N) is 3. The highest BCUT2D eigenvalue weighted by atomic mass is 16.5. The molecular formula is C24H33N5O3. The highest BCUT2D eigenvalue weighted by Crippen LogP contribution is 2.24. The third-order valence-corrected chi connectivity index (χ3v) is 4.98. The molecule has 0 radical (unpaired) electrons. The molecule has 0 saturated carbocycles. The molecule has 8 heteroatoms. The van der Waals surface area contributed by atoms with Crippen molar-refractivity contribution in [2.75, 3.05) is 31.6 Å². The highest BCUT2D eigenvalue weighted by molar-refractivity contribution is 5.90. The molecule has 1 atom stereocenters. The molecule has 3 N–H and O–H groups in total.